The number of benzene rings is 1. The topological polar surface area (TPSA) is 46.2 Å². The van der Waals surface area contributed by atoms with Gasteiger partial charge in [0.25, 0.3) is 0 Å². The van der Waals surface area contributed by atoms with E-state index < -0.39 is 8.32 Å². The van der Waals surface area contributed by atoms with Gasteiger partial charge in [-0.05, 0) is 35.8 Å². The summed E-state index contributed by atoms with van der Waals surface area (Å²) in [6.45, 7) is 15.7. The van der Waals surface area contributed by atoms with Gasteiger partial charge in [0.05, 0.1) is 19.8 Å². The van der Waals surface area contributed by atoms with Crippen molar-refractivity contribution in [2.45, 2.75) is 70.4 Å². The van der Waals surface area contributed by atoms with Crippen LogP contribution in [0, 0.1) is 0 Å². The minimum atomic E-state index is -1.98. The van der Waals surface area contributed by atoms with E-state index in [4.69, 9.17) is 23.4 Å². The maximum Gasteiger partial charge on any atom is 0.201 e. The van der Waals surface area contributed by atoms with Crippen LogP contribution in [0.25, 0.3) is 0 Å². The molecule has 27 heavy (non-hydrogen) atoms. The Labute approximate surface area is 164 Å². The van der Waals surface area contributed by atoms with E-state index in [2.05, 4.69) is 40.4 Å². The Balaban J connectivity index is 2.12. The largest absolute Gasteiger partial charge is 0.497 e. The van der Waals surface area contributed by atoms with Crippen molar-refractivity contribution < 1.29 is 23.4 Å². The van der Waals surface area contributed by atoms with Crippen molar-refractivity contribution >= 4 is 8.32 Å². The summed E-state index contributed by atoms with van der Waals surface area (Å²) in [5.74, 6) is 1.39. The van der Waals surface area contributed by atoms with E-state index in [0.717, 1.165) is 11.3 Å². The maximum atomic E-state index is 6.66. The van der Waals surface area contributed by atoms with Crippen molar-refractivity contribution in [3.05, 3.63) is 42.2 Å². The minimum Gasteiger partial charge on any atom is -0.497 e. The van der Waals surface area contributed by atoms with Crippen LogP contribution >= 0.6 is 0 Å². The van der Waals surface area contributed by atoms with Crippen molar-refractivity contribution in [1.82, 2.24) is 0 Å². The zero-order valence-corrected chi connectivity index (χ0v) is 18.7. The molecule has 0 aromatic heterocycles. The van der Waals surface area contributed by atoms with Crippen LogP contribution in [0.3, 0.4) is 0 Å². The van der Waals surface area contributed by atoms with Crippen molar-refractivity contribution in [2.24, 2.45) is 0 Å². The van der Waals surface area contributed by atoms with Gasteiger partial charge in [-0.15, -0.1) is 0 Å². The Kier molecular flexibility index (Phi) is 7.13. The van der Waals surface area contributed by atoms with Gasteiger partial charge in [0, 0.05) is 13.5 Å². The molecule has 1 fully saturated rings. The summed E-state index contributed by atoms with van der Waals surface area (Å²) >= 11 is 0. The van der Waals surface area contributed by atoms with E-state index in [0.29, 0.717) is 18.8 Å². The summed E-state index contributed by atoms with van der Waals surface area (Å²) in [6.07, 6.45) is -0.203. The Hall–Kier alpha value is -1.34. The molecule has 0 amide bonds. The van der Waals surface area contributed by atoms with E-state index in [1.807, 2.05) is 24.3 Å². The van der Waals surface area contributed by atoms with Crippen molar-refractivity contribution in [3.8, 4) is 5.75 Å². The molecule has 1 unspecified atom stereocenters. The van der Waals surface area contributed by atoms with Gasteiger partial charge in [-0.1, -0.05) is 39.5 Å². The molecule has 0 radical (unpaired) electrons. The second-order valence-corrected chi connectivity index (χ2v) is 13.2. The highest BCUT2D eigenvalue weighted by molar-refractivity contribution is 6.74. The first-order chi connectivity index (χ1) is 12.6. The first kappa shape index (κ1) is 22.0. The molecule has 1 aromatic rings. The predicted molar refractivity (Wildman–Crippen MR) is 109 cm³/mol. The fraction of sp³-hybridized carbons (Fsp3) is 0.619. The molecule has 0 spiro atoms. The molecule has 0 aliphatic carbocycles. The normalized spacial score (nSPS) is 23.8. The molecule has 0 bridgehead atoms. The van der Waals surface area contributed by atoms with E-state index in [9.17, 15) is 0 Å². The average molecular weight is 395 g/mol. The van der Waals surface area contributed by atoms with E-state index >= 15 is 0 Å². The van der Waals surface area contributed by atoms with Crippen molar-refractivity contribution in [1.29, 1.82) is 0 Å². The van der Waals surface area contributed by atoms with Crippen LogP contribution in [0.1, 0.15) is 32.8 Å². The SMILES string of the molecule is C=C1OC(OC)C[C@@H](O[Si](C)(C)C(C)(C)C)[C@@H]1OCc1ccc(OC)cc1. The highest BCUT2D eigenvalue weighted by atomic mass is 28.4. The molecular weight excluding hydrogens is 360 g/mol. The van der Waals surface area contributed by atoms with Crippen molar-refractivity contribution in [3.63, 3.8) is 0 Å². The molecule has 0 N–H and O–H groups in total. The maximum absolute atomic E-state index is 6.66. The van der Waals surface area contributed by atoms with Gasteiger partial charge < -0.3 is 23.4 Å². The summed E-state index contributed by atoms with van der Waals surface area (Å²) in [7, 11) is 1.32. The van der Waals surface area contributed by atoms with Gasteiger partial charge in [-0.2, -0.15) is 0 Å². The molecule has 1 aliphatic rings. The van der Waals surface area contributed by atoms with Crippen LogP contribution in [-0.2, 0) is 25.2 Å². The van der Waals surface area contributed by atoms with Crippen LogP contribution in [0.5, 0.6) is 5.75 Å². The van der Waals surface area contributed by atoms with E-state index in [-0.39, 0.29) is 23.5 Å². The predicted octanol–water partition coefficient (Wildman–Crippen LogP) is 4.88. The smallest absolute Gasteiger partial charge is 0.201 e. The molecule has 1 heterocycles. The molecule has 6 heteroatoms. The first-order valence-electron chi connectivity index (χ1n) is 9.38. The van der Waals surface area contributed by atoms with E-state index in [1.54, 1.807) is 14.2 Å². The number of hydrogen-bond acceptors (Lipinski definition) is 5. The quantitative estimate of drug-likeness (QED) is 0.617. The third-order valence-corrected chi connectivity index (χ3v) is 9.97. The third-order valence-electron chi connectivity index (χ3n) is 5.47. The van der Waals surface area contributed by atoms with Crippen LogP contribution in [0.4, 0.5) is 0 Å². The summed E-state index contributed by atoms with van der Waals surface area (Å²) in [5, 5.41) is 0.107. The van der Waals surface area contributed by atoms with Gasteiger partial charge in [0.1, 0.15) is 17.6 Å². The first-order valence-corrected chi connectivity index (χ1v) is 12.3. The summed E-state index contributed by atoms with van der Waals surface area (Å²) < 4.78 is 29.2. The molecule has 2 rings (SSSR count). The van der Waals surface area contributed by atoms with Gasteiger partial charge in [0.2, 0.25) is 6.29 Å². The molecule has 0 saturated carbocycles. The Bertz CT molecular complexity index is 620. The van der Waals surface area contributed by atoms with Gasteiger partial charge in [-0.25, -0.2) is 0 Å². The van der Waals surface area contributed by atoms with E-state index in [1.165, 1.54) is 0 Å². The standard InChI is InChI=1S/C21H34O5Si/c1-15-20(24-14-16-9-11-17(22-5)12-10-16)18(13-19(23-6)25-15)26-27(7,8)21(2,3)4/h9-12,18-20H,1,13-14H2,2-8H3/t18-,19?,20-/m1/s1. The van der Waals surface area contributed by atoms with Crippen LogP contribution in [0.2, 0.25) is 18.1 Å². The Morgan fingerprint density at radius 2 is 1.78 bits per heavy atom. The lowest BCUT2D eigenvalue weighted by atomic mass is 10.1. The second kappa shape index (κ2) is 8.77. The lowest BCUT2D eigenvalue weighted by Gasteiger charge is -2.44. The molecule has 152 valence electrons. The number of methoxy groups -OCH3 is 2. The fourth-order valence-electron chi connectivity index (χ4n) is 2.72. The second-order valence-electron chi connectivity index (χ2n) is 8.48. The fourth-order valence-corrected chi connectivity index (χ4v) is 4.05. The molecule has 3 atom stereocenters. The lowest BCUT2D eigenvalue weighted by Crippen LogP contribution is -2.51. The lowest BCUT2D eigenvalue weighted by molar-refractivity contribution is -0.181. The van der Waals surface area contributed by atoms with Gasteiger partial charge in [-0.3, -0.25) is 0 Å². The summed E-state index contributed by atoms with van der Waals surface area (Å²) in [5.41, 5.74) is 1.06. The van der Waals surface area contributed by atoms with Crippen LogP contribution in [-0.4, -0.2) is 41.0 Å². The summed E-state index contributed by atoms with van der Waals surface area (Å²) in [6, 6.07) is 7.84. The molecule has 1 aliphatic heterocycles. The Morgan fingerprint density at radius 1 is 1.15 bits per heavy atom. The zero-order chi connectivity index (χ0) is 20.2. The van der Waals surface area contributed by atoms with Crippen LogP contribution in [0.15, 0.2) is 36.6 Å². The highest BCUT2D eigenvalue weighted by Gasteiger charge is 2.44. The van der Waals surface area contributed by atoms with Gasteiger partial charge >= 0.3 is 0 Å². The zero-order valence-electron chi connectivity index (χ0n) is 17.7. The number of rotatable bonds is 7. The van der Waals surface area contributed by atoms with Crippen LogP contribution < -0.4 is 4.74 Å². The monoisotopic (exact) mass is 394 g/mol. The molecule has 1 saturated heterocycles. The number of ether oxygens (including phenoxy) is 4. The number of hydrogen-bond donors (Lipinski definition) is 0. The highest BCUT2D eigenvalue weighted by Crippen LogP contribution is 2.40. The van der Waals surface area contributed by atoms with Gasteiger partial charge in [0.15, 0.2) is 8.32 Å². The minimum absolute atomic E-state index is 0.107. The average Bonchev–Trinajstić information content (AvgIpc) is 2.60. The molecule has 5 nitrogen and oxygen atoms in total. The molecular formula is C21H34O5Si. The summed E-state index contributed by atoms with van der Waals surface area (Å²) in [4.78, 5) is 0. The molecule has 1 aromatic carbocycles. The third kappa shape index (κ3) is 5.57. The van der Waals surface area contributed by atoms with Crippen molar-refractivity contribution in [2.75, 3.05) is 14.2 Å². The Morgan fingerprint density at radius 3 is 2.30 bits per heavy atom.